The molecule has 376 valence electrons. The van der Waals surface area contributed by atoms with Gasteiger partial charge in [-0.2, -0.15) is 5.26 Å². The Labute approximate surface area is 427 Å². The standard InChI is InChI=1S/C56H55N5O11S/c1-9-19-67-42-23-32-16-18-60(54(63)35-13-11-15-37-34(35)14-12-17-58-37)56(36(32)24-41(42)65-7)27-73-53-45-44(52-50(70-28-71-52)30(4)49(45)72-31(5)62)40(26-69-55(56)64)61-39(25-57)38-22-33-21-29(3)48(66-8)51(68-20-10-2)43(33)46(47(53)61)59(38)6/h9-15,17,21,23-24,38-40,46-47,53H,1-2,16,18-20,22,26-28H2,3-8H3/t38-,39-,40+,46+,47+,53+,56+/m0/s1. The van der Waals surface area contributed by atoms with Gasteiger partial charge in [0.05, 0.1) is 43.1 Å². The third-order valence-electron chi connectivity index (χ3n) is 15.4. The Morgan fingerprint density at radius 2 is 1.74 bits per heavy atom. The summed E-state index contributed by atoms with van der Waals surface area (Å²) in [6, 6.07) is 14.5. The molecule has 17 heteroatoms. The molecule has 7 atom stereocenters. The Hall–Kier alpha value is -7.26. The zero-order chi connectivity index (χ0) is 51.0. The van der Waals surface area contributed by atoms with Crippen molar-refractivity contribution >= 4 is 40.5 Å². The second kappa shape index (κ2) is 18.7. The first-order valence-corrected chi connectivity index (χ1v) is 25.3. The number of amides is 1. The van der Waals surface area contributed by atoms with Crippen LogP contribution in [0.4, 0.5) is 0 Å². The van der Waals surface area contributed by atoms with Gasteiger partial charge in [0.1, 0.15) is 31.6 Å². The maximum atomic E-state index is 16.1. The number of likely N-dealkylation sites (N-methyl/N-ethyl adjacent to an activating group) is 1. The van der Waals surface area contributed by atoms with E-state index in [2.05, 4.69) is 40.1 Å². The van der Waals surface area contributed by atoms with Crippen LogP contribution in [-0.2, 0) is 32.7 Å². The van der Waals surface area contributed by atoms with E-state index in [-0.39, 0.29) is 45.0 Å². The summed E-state index contributed by atoms with van der Waals surface area (Å²) in [6.07, 6.45) is 5.88. The number of hydrogen-bond donors (Lipinski definition) is 0. The van der Waals surface area contributed by atoms with Crippen molar-refractivity contribution in [3.8, 4) is 46.3 Å². The van der Waals surface area contributed by atoms with Crippen LogP contribution >= 0.6 is 11.8 Å². The lowest BCUT2D eigenvalue weighted by molar-refractivity contribution is -0.162. The predicted molar refractivity (Wildman–Crippen MR) is 271 cm³/mol. The number of pyridine rings is 1. The average molecular weight is 1010 g/mol. The SMILES string of the molecule is C=CCOc1cc2c(cc1OC)[C@@]1(CS[C@@H]3c4c(OC(C)=O)c(C)c5c(c4[C@@H](COC1=O)N1[C@@H]3[C@H]3c4c(cc(C)c(OC)c4OCC=C)C[C@@H]([C@@H]1C#N)N3C)OCO5)N(C(=O)c1cccc3ncccc13)CC2. The molecule has 2 fully saturated rings. The van der Waals surface area contributed by atoms with Gasteiger partial charge < -0.3 is 42.8 Å². The van der Waals surface area contributed by atoms with Crippen LogP contribution < -0.4 is 33.2 Å². The first-order chi connectivity index (χ1) is 35.4. The minimum atomic E-state index is -1.81. The van der Waals surface area contributed by atoms with Crippen molar-refractivity contribution in [1.29, 1.82) is 5.26 Å². The van der Waals surface area contributed by atoms with Crippen LogP contribution in [0.3, 0.4) is 0 Å². The van der Waals surface area contributed by atoms with Crippen molar-refractivity contribution in [3.63, 3.8) is 0 Å². The summed E-state index contributed by atoms with van der Waals surface area (Å²) < 4.78 is 50.6. The molecule has 4 aromatic carbocycles. The molecule has 0 N–H and O–H groups in total. The number of thioether (sulfide) groups is 1. The largest absolute Gasteiger partial charge is 0.493 e. The minimum absolute atomic E-state index is 0.0727. The molecule has 1 amide bonds. The summed E-state index contributed by atoms with van der Waals surface area (Å²) >= 11 is 1.43. The van der Waals surface area contributed by atoms with Crippen LogP contribution in [0.15, 0.2) is 80.0 Å². The maximum absolute atomic E-state index is 16.1. The number of fused-ring (bicyclic) bond motifs is 10. The first kappa shape index (κ1) is 48.0. The van der Waals surface area contributed by atoms with Gasteiger partial charge in [0.25, 0.3) is 5.91 Å². The third-order valence-corrected chi connectivity index (χ3v) is 16.9. The Bertz CT molecular complexity index is 3210. The number of nitrogens with zero attached hydrogens (tertiary/aromatic N) is 5. The number of piperazine rings is 1. The van der Waals surface area contributed by atoms with E-state index >= 15 is 9.59 Å². The van der Waals surface area contributed by atoms with E-state index in [4.69, 9.17) is 37.9 Å². The van der Waals surface area contributed by atoms with Gasteiger partial charge in [-0.05, 0) is 86.3 Å². The smallest absolute Gasteiger partial charge is 0.337 e. The molecule has 73 heavy (non-hydrogen) atoms. The summed E-state index contributed by atoms with van der Waals surface area (Å²) in [4.78, 5) is 56.0. The van der Waals surface area contributed by atoms with Crippen LogP contribution in [0.1, 0.15) is 79.1 Å². The second-order valence-corrected chi connectivity index (χ2v) is 20.2. The van der Waals surface area contributed by atoms with Crippen LogP contribution in [0.2, 0.25) is 0 Å². The van der Waals surface area contributed by atoms with Crippen molar-refractivity contribution < 1.29 is 52.3 Å². The second-order valence-electron chi connectivity index (χ2n) is 19.1. The number of esters is 2. The highest BCUT2D eigenvalue weighted by atomic mass is 32.2. The quantitative estimate of drug-likeness (QED) is 0.0753. The highest BCUT2D eigenvalue weighted by Crippen LogP contribution is 2.65. The zero-order valence-corrected chi connectivity index (χ0v) is 42.3. The number of hydrogen-bond acceptors (Lipinski definition) is 16. The van der Waals surface area contributed by atoms with Gasteiger partial charge in [0.15, 0.2) is 40.0 Å². The molecule has 5 aromatic rings. The number of carbonyl (C=O) groups excluding carboxylic acids is 3. The first-order valence-electron chi connectivity index (χ1n) is 24.3. The fourth-order valence-electron chi connectivity index (χ4n) is 12.5. The molecule has 0 saturated carbocycles. The summed E-state index contributed by atoms with van der Waals surface area (Å²) in [6.45, 7) is 13.1. The Morgan fingerprint density at radius 1 is 0.945 bits per heavy atom. The van der Waals surface area contributed by atoms with Crippen molar-refractivity contribution in [2.45, 2.75) is 74.6 Å². The van der Waals surface area contributed by atoms with E-state index in [1.807, 2.05) is 39.1 Å². The number of methoxy groups -OCH3 is 2. The van der Waals surface area contributed by atoms with Crippen molar-refractivity contribution in [2.24, 2.45) is 0 Å². The van der Waals surface area contributed by atoms with Crippen molar-refractivity contribution in [1.82, 2.24) is 19.7 Å². The lowest BCUT2D eigenvalue weighted by Gasteiger charge is -2.62. The summed E-state index contributed by atoms with van der Waals surface area (Å²) in [7, 11) is 5.19. The van der Waals surface area contributed by atoms with Gasteiger partial charge in [-0.1, -0.05) is 43.5 Å². The van der Waals surface area contributed by atoms with Crippen LogP contribution in [0, 0.1) is 25.2 Å². The number of ether oxygens (including phenoxy) is 8. The Balaban J connectivity index is 1.20. The summed E-state index contributed by atoms with van der Waals surface area (Å²) in [5.74, 6) is 1.38. The normalized spacial score (nSPS) is 24.5. The van der Waals surface area contributed by atoms with E-state index < -0.39 is 52.8 Å². The molecule has 2 saturated heterocycles. The number of aromatic nitrogens is 1. The summed E-state index contributed by atoms with van der Waals surface area (Å²) in [5.41, 5.74) is 5.05. The topological polar surface area (TPSA) is 171 Å². The fraction of sp³-hybridized carbons (Fsp3) is 0.375. The molecule has 0 aliphatic carbocycles. The molecule has 8 heterocycles. The molecule has 7 aliphatic rings. The molecule has 7 aliphatic heterocycles. The molecule has 1 aromatic heterocycles. The summed E-state index contributed by atoms with van der Waals surface area (Å²) in [5, 5.41) is 11.5. The van der Waals surface area contributed by atoms with E-state index in [9.17, 15) is 10.1 Å². The lowest BCUT2D eigenvalue weighted by Crippen LogP contribution is -2.69. The van der Waals surface area contributed by atoms with Gasteiger partial charge in [-0.15, -0.1) is 11.8 Å². The molecular weight excluding hydrogens is 951 g/mol. The fourth-order valence-corrected chi connectivity index (χ4v) is 14.2. The van der Waals surface area contributed by atoms with E-state index in [1.54, 1.807) is 54.6 Å². The van der Waals surface area contributed by atoms with Gasteiger partial charge in [-0.3, -0.25) is 24.4 Å². The van der Waals surface area contributed by atoms with Crippen LogP contribution in [-0.4, -0.2) is 116 Å². The van der Waals surface area contributed by atoms with Gasteiger partial charge in [0, 0.05) is 70.7 Å². The van der Waals surface area contributed by atoms with Crippen molar-refractivity contribution in [3.05, 3.63) is 130 Å². The minimum Gasteiger partial charge on any atom is -0.493 e. The van der Waals surface area contributed by atoms with E-state index in [1.165, 1.54) is 25.8 Å². The molecule has 12 rings (SSSR count). The highest BCUT2D eigenvalue weighted by molar-refractivity contribution is 7.99. The van der Waals surface area contributed by atoms with Gasteiger partial charge in [0.2, 0.25) is 6.79 Å². The maximum Gasteiger partial charge on any atom is 0.337 e. The molecule has 16 nitrogen and oxygen atoms in total. The molecule has 0 radical (unpaired) electrons. The number of rotatable bonds is 10. The highest BCUT2D eigenvalue weighted by Gasteiger charge is 2.63. The van der Waals surface area contributed by atoms with E-state index in [0.29, 0.717) is 91.8 Å². The number of carbonyl (C=O) groups is 3. The third kappa shape index (κ3) is 7.23. The molecule has 4 bridgehead atoms. The number of nitriles is 1. The number of aryl methyl sites for hydroxylation is 1. The monoisotopic (exact) mass is 1010 g/mol. The zero-order valence-electron chi connectivity index (χ0n) is 41.5. The Kier molecular flexibility index (Phi) is 12.3. The van der Waals surface area contributed by atoms with Crippen LogP contribution in [0.5, 0.6) is 40.2 Å². The van der Waals surface area contributed by atoms with Gasteiger partial charge >= 0.3 is 11.9 Å². The predicted octanol–water partition coefficient (Wildman–Crippen LogP) is 7.81. The lowest BCUT2D eigenvalue weighted by atomic mass is 9.71. The molecule has 1 spiro atoms. The van der Waals surface area contributed by atoms with E-state index in [0.717, 1.165) is 22.3 Å². The molecule has 0 unspecified atom stereocenters. The Morgan fingerprint density at radius 3 is 2.49 bits per heavy atom. The van der Waals surface area contributed by atoms with Crippen molar-refractivity contribution in [2.75, 3.05) is 60.2 Å². The average Bonchev–Trinajstić information content (AvgIpc) is 3.89. The van der Waals surface area contributed by atoms with Gasteiger partial charge in [-0.25, -0.2) is 4.79 Å². The molecular formula is C56H55N5O11S. The van der Waals surface area contributed by atoms with Crippen LogP contribution in [0.25, 0.3) is 10.9 Å². The number of benzene rings is 4.